The van der Waals surface area contributed by atoms with Crippen molar-refractivity contribution in [2.24, 2.45) is 0 Å². The van der Waals surface area contributed by atoms with E-state index in [1.165, 1.54) is 12.5 Å². The molecule has 1 amide bonds. The fraction of sp³-hybridized carbons (Fsp3) is 0.571. The number of aromatic nitrogens is 1. The van der Waals surface area contributed by atoms with Crippen LogP contribution in [0.25, 0.3) is 0 Å². The van der Waals surface area contributed by atoms with Crippen molar-refractivity contribution in [1.82, 2.24) is 10.3 Å². The van der Waals surface area contributed by atoms with Gasteiger partial charge in [-0.1, -0.05) is 32.6 Å². The van der Waals surface area contributed by atoms with E-state index in [0.717, 1.165) is 31.9 Å². The van der Waals surface area contributed by atoms with E-state index in [0.29, 0.717) is 0 Å². The van der Waals surface area contributed by atoms with Crippen molar-refractivity contribution in [3.05, 3.63) is 29.6 Å². The smallest absolute Gasteiger partial charge is 0.254 e. The summed E-state index contributed by atoms with van der Waals surface area (Å²) in [5, 5.41) is 2.67. The lowest BCUT2D eigenvalue weighted by molar-refractivity contribution is 0.0932. The highest BCUT2D eigenvalue weighted by Gasteiger charge is 2.17. The fourth-order valence-electron chi connectivity index (χ4n) is 1.84. The molecule has 1 heterocycles. The van der Waals surface area contributed by atoms with Crippen LogP contribution in [0.1, 0.15) is 56.3 Å². The van der Waals surface area contributed by atoms with Crippen molar-refractivity contribution in [2.45, 2.75) is 52.0 Å². The number of unbranched alkanes of at least 4 members (excludes halogenated alkanes) is 3. The molecule has 1 N–H and O–H groups in total. The maximum Gasteiger partial charge on any atom is 0.254 e. The van der Waals surface area contributed by atoms with Crippen molar-refractivity contribution < 1.29 is 13.6 Å². The topological polar surface area (TPSA) is 42.0 Å². The lowest BCUT2D eigenvalue weighted by Crippen LogP contribution is -2.33. The highest BCUT2D eigenvalue weighted by atomic mass is 19.2. The van der Waals surface area contributed by atoms with Crippen LogP contribution in [0.4, 0.5) is 8.78 Å². The van der Waals surface area contributed by atoms with Crippen LogP contribution >= 0.6 is 0 Å². The lowest BCUT2D eigenvalue weighted by Gasteiger charge is -2.14. The predicted molar refractivity (Wildman–Crippen MR) is 69.8 cm³/mol. The Balaban J connectivity index is 2.48. The standard InChI is InChI=1S/C14H20F2N2O/c1-3-4-5-6-7-10(2)18-14(19)11-8-9-17-13(16)12(11)15/h8-10H,3-7H2,1-2H3,(H,18,19). The molecule has 19 heavy (non-hydrogen) atoms. The molecule has 0 aliphatic heterocycles. The highest BCUT2D eigenvalue weighted by molar-refractivity contribution is 5.94. The molecule has 0 fully saturated rings. The quantitative estimate of drug-likeness (QED) is 0.609. The van der Waals surface area contributed by atoms with Crippen molar-refractivity contribution in [2.75, 3.05) is 0 Å². The normalized spacial score (nSPS) is 12.2. The van der Waals surface area contributed by atoms with Gasteiger partial charge in [-0.25, -0.2) is 9.37 Å². The van der Waals surface area contributed by atoms with E-state index in [1.54, 1.807) is 0 Å². The van der Waals surface area contributed by atoms with E-state index >= 15 is 0 Å². The highest BCUT2D eigenvalue weighted by Crippen LogP contribution is 2.10. The van der Waals surface area contributed by atoms with Gasteiger partial charge in [-0.2, -0.15) is 4.39 Å². The summed E-state index contributed by atoms with van der Waals surface area (Å²) in [6, 6.07) is 1.12. The number of rotatable bonds is 7. The van der Waals surface area contributed by atoms with Crippen molar-refractivity contribution in [3.8, 4) is 0 Å². The zero-order valence-electron chi connectivity index (χ0n) is 11.4. The van der Waals surface area contributed by atoms with E-state index in [1.807, 2.05) is 6.92 Å². The summed E-state index contributed by atoms with van der Waals surface area (Å²) in [7, 11) is 0. The van der Waals surface area contributed by atoms with E-state index < -0.39 is 17.7 Å². The molecule has 0 saturated carbocycles. The monoisotopic (exact) mass is 270 g/mol. The number of hydrogen-bond donors (Lipinski definition) is 1. The average molecular weight is 270 g/mol. The third kappa shape index (κ3) is 4.93. The van der Waals surface area contributed by atoms with Gasteiger partial charge < -0.3 is 5.32 Å². The van der Waals surface area contributed by atoms with Gasteiger partial charge in [0, 0.05) is 12.2 Å². The lowest BCUT2D eigenvalue weighted by atomic mass is 10.1. The summed E-state index contributed by atoms with van der Waals surface area (Å²) in [5.74, 6) is -3.04. The average Bonchev–Trinajstić information content (AvgIpc) is 2.38. The van der Waals surface area contributed by atoms with E-state index in [-0.39, 0.29) is 11.6 Å². The molecule has 0 radical (unpaired) electrons. The van der Waals surface area contributed by atoms with Crippen molar-refractivity contribution in [3.63, 3.8) is 0 Å². The predicted octanol–water partition coefficient (Wildman–Crippen LogP) is 3.45. The van der Waals surface area contributed by atoms with Gasteiger partial charge in [0.05, 0.1) is 5.56 Å². The molecule has 0 aliphatic carbocycles. The Hall–Kier alpha value is -1.52. The third-order valence-electron chi connectivity index (χ3n) is 2.96. The zero-order valence-corrected chi connectivity index (χ0v) is 11.4. The zero-order chi connectivity index (χ0) is 14.3. The molecule has 1 aromatic rings. The Morgan fingerprint density at radius 2 is 2.11 bits per heavy atom. The molecule has 0 bridgehead atoms. The van der Waals surface area contributed by atoms with Crippen LogP contribution in [-0.4, -0.2) is 16.9 Å². The third-order valence-corrected chi connectivity index (χ3v) is 2.96. The van der Waals surface area contributed by atoms with Crippen LogP contribution in [0.3, 0.4) is 0 Å². The molecule has 106 valence electrons. The molecular weight excluding hydrogens is 250 g/mol. The van der Waals surface area contributed by atoms with Gasteiger partial charge in [0.15, 0.2) is 5.82 Å². The SMILES string of the molecule is CCCCCCC(C)NC(=O)c1ccnc(F)c1F. The first kappa shape index (κ1) is 15.5. The first-order valence-electron chi connectivity index (χ1n) is 6.67. The Morgan fingerprint density at radius 3 is 2.79 bits per heavy atom. The minimum absolute atomic E-state index is 0.0556. The number of nitrogens with zero attached hydrogens (tertiary/aromatic N) is 1. The summed E-state index contributed by atoms with van der Waals surface area (Å²) < 4.78 is 26.3. The summed E-state index contributed by atoms with van der Waals surface area (Å²) in [4.78, 5) is 14.9. The number of amides is 1. The Bertz CT molecular complexity index is 424. The molecule has 1 rings (SSSR count). The molecular formula is C14H20F2N2O. The second-order valence-corrected chi connectivity index (χ2v) is 4.69. The van der Waals surface area contributed by atoms with Gasteiger partial charge in [-0.05, 0) is 19.4 Å². The first-order chi connectivity index (χ1) is 9.06. The van der Waals surface area contributed by atoms with Crippen molar-refractivity contribution in [1.29, 1.82) is 0 Å². The second-order valence-electron chi connectivity index (χ2n) is 4.69. The molecule has 1 unspecified atom stereocenters. The molecule has 0 spiro atoms. The summed E-state index contributed by atoms with van der Waals surface area (Å²) in [6.45, 7) is 3.99. The van der Waals surface area contributed by atoms with E-state index in [2.05, 4.69) is 17.2 Å². The second kappa shape index (κ2) is 7.81. The number of pyridine rings is 1. The number of carbonyl (C=O) groups is 1. The largest absolute Gasteiger partial charge is 0.349 e. The van der Waals surface area contributed by atoms with Gasteiger partial charge in [0.2, 0.25) is 5.95 Å². The van der Waals surface area contributed by atoms with E-state index in [9.17, 15) is 13.6 Å². The fourth-order valence-corrected chi connectivity index (χ4v) is 1.84. The summed E-state index contributed by atoms with van der Waals surface area (Å²) in [5.41, 5.74) is -0.298. The number of halogens is 2. The van der Waals surface area contributed by atoms with Gasteiger partial charge in [-0.15, -0.1) is 0 Å². The molecule has 5 heteroatoms. The van der Waals surface area contributed by atoms with Crippen LogP contribution in [0, 0.1) is 11.8 Å². The molecule has 3 nitrogen and oxygen atoms in total. The van der Waals surface area contributed by atoms with Crippen LogP contribution in [0.2, 0.25) is 0 Å². The van der Waals surface area contributed by atoms with Gasteiger partial charge in [0.1, 0.15) is 0 Å². The van der Waals surface area contributed by atoms with Gasteiger partial charge in [0.25, 0.3) is 5.91 Å². The Morgan fingerprint density at radius 1 is 1.37 bits per heavy atom. The minimum Gasteiger partial charge on any atom is -0.349 e. The number of hydrogen-bond acceptors (Lipinski definition) is 2. The molecule has 0 aliphatic rings. The maximum absolute atomic E-state index is 13.4. The molecule has 1 aromatic heterocycles. The Kier molecular flexibility index (Phi) is 6.39. The number of nitrogens with one attached hydrogen (secondary N) is 1. The summed E-state index contributed by atoms with van der Waals surface area (Å²) >= 11 is 0. The molecule has 0 saturated heterocycles. The van der Waals surface area contributed by atoms with Crippen LogP contribution in [0.15, 0.2) is 12.3 Å². The van der Waals surface area contributed by atoms with Crippen LogP contribution < -0.4 is 5.32 Å². The number of carbonyl (C=O) groups excluding carboxylic acids is 1. The molecule has 1 atom stereocenters. The first-order valence-corrected chi connectivity index (χ1v) is 6.67. The molecule has 0 aromatic carbocycles. The van der Waals surface area contributed by atoms with Gasteiger partial charge >= 0.3 is 0 Å². The van der Waals surface area contributed by atoms with Crippen LogP contribution in [-0.2, 0) is 0 Å². The van der Waals surface area contributed by atoms with Crippen molar-refractivity contribution >= 4 is 5.91 Å². The minimum atomic E-state index is -1.25. The summed E-state index contributed by atoms with van der Waals surface area (Å²) in [6.07, 6.45) is 6.38. The van der Waals surface area contributed by atoms with Crippen LogP contribution in [0.5, 0.6) is 0 Å². The van der Waals surface area contributed by atoms with E-state index in [4.69, 9.17) is 0 Å². The van der Waals surface area contributed by atoms with Gasteiger partial charge in [-0.3, -0.25) is 4.79 Å². The maximum atomic E-state index is 13.4. The Labute approximate surface area is 112 Å².